The minimum absolute atomic E-state index is 0.295. The van der Waals surface area contributed by atoms with Crippen LogP contribution in [-0.4, -0.2) is 29.1 Å². The Kier molecular flexibility index (Phi) is 2.62. The zero-order chi connectivity index (χ0) is 4.99. The van der Waals surface area contributed by atoms with Gasteiger partial charge >= 0.3 is 0 Å². The van der Waals surface area contributed by atoms with Crippen LogP contribution in [-0.2, 0) is 0 Å². The van der Waals surface area contributed by atoms with Gasteiger partial charge in [-0.1, -0.05) is 0 Å². The second-order valence-electron chi connectivity index (χ2n) is 0.942. The molecule has 0 aliphatic carbocycles. The Bertz CT molecular complexity index is 46.1. The fraction of sp³-hybridized carbons (Fsp3) is 0.667. The van der Waals surface area contributed by atoms with Crippen molar-refractivity contribution in [2.24, 2.45) is 0 Å². The van der Waals surface area contributed by atoms with E-state index in [2.05, 4.69) is 0 Å². The smallest absolute Gasteiger partial charge is 0.167 e. The predicted octanol–water partition coefficient (Wildman–Crippen LogP) is -2.83. The molecule has 0 spiro atoms. The summed E-state index contributed by atoms with van der Waals surface area (Å²) in [6.45, 7) is -0.295. The van der Waals surface area contributed by atoms with Crippen molar-refractivity contribution < 1.29 is 15.6 Å². The molecule has 36 valence electrons. The Morgan fingerprint density at radius 3 is 2.33 bits per heavy atom. The maximum atomic E-state index is 8.24. The molecule has 0 heterocycles. The van der Waals surface area contributed by atoms with Crippen LogP contribution in [0.1, 0.15) is 0 Å². The molecule has 0 aromatic rings. The average molecular weight is 90.1 g/mol. The van der Waals surface area contributed by atoms with Crippen molar-refractivity contribution >= 4 is 6.21 Å². The lowest BCUT2D eigenvalue weighted by Crippen LogP contribution is -2.37. The van der Waals surface area contributed by atoms with Crippen LogP contribution >= 0.6 is 0 Å². The number of rotatable bonds is 2. The Morgan fingerprint density at radius 2 is 2.33 bits per heavy atom. The van der Waals surface area contributed by atoms with Crippen molar-refractivity contribution in [3.05, 3.63) is 0 Å². The highest BCUT2D eigenvalue weighted by molar-refractivity contribution is 5.55. The first-order chi connectivity index (χ1) is 2.81. The number of aliphatic hydroxyl groups is 2. The van der Waals surface area contributed by atoms with Crippen LogP contribution in [0.2, 0.25) is 0 Å². The van der Waals surface area contributed by atoms with Gasteiger partial charge in [0.1, 0.15) is 0 Å². The Labute approximate surface area is 35.7 Å². The summed E-state index contributed by atoms with van der Waals surface area (Å²) in [7, 11) is 0. The second-order valence-corrected chi connectivity index (χ2v) is 0.942. The number of hydrogen-bond donors (Lipinski definition) is 3. The maximum Gasteiger partial charge on any atom is 0.167 e. The summed E-state index contributed by atoms with van der Waals surface area (Å²) in [5.74, 6) is 0. The van der Waals surface area contributed by atoms with Crippen molar-refractivity contribution in [1.29, 1.82) is 0 Å². The molecule has 0 fully saturated rings. The van der Waals surface area contributed by atoms with Gasteiger partial charge in [-0.05, 0) is 0 Å². The van der Waals surface area contributed by atoms with Crippen LogP contribution in [0.5, 0.6) is 0 Å². The van der Waals surface area contributed by atoms with Gasteiger partial charge in [-0.3, -0.25) is 5.41 Å². The minimum Gasteiger partial charge on any atom is -0.393 e. The summed E-state index contributed by atoms with van der Waals surface area (Å²) in [4.78, 5) is 0. The molecule has 0 amide bonds. The SMILES string of the molecule is [NH2+]=CC(O)CO. The van der Waals surface area contributed by atoms with Crippen molar-refractivity contribution in [1.82, 2.24) is 0 Å². The standard InChI is InChI=1S/C3H7NO2/c4-1-3(6)2-5/h1,3-6H,2H2/p+1. The first kappa shape index (κ1) is 5.59. The molecule has 0 saturated heterocycles. The first-order valence-corrected chi connectivity index (χ1v) is 1.65. The van der Waals surface area contributed by atoms with E-state index in [1.165, 1.54) is 0 Å². The molecular formula is C3H8NO2+. The lowest BCUT2D eigenvalue weighted by molar-refractivity contribution is -0.116. The first-order valence-electron chi connectivity index (χ1n) is 1.65. The molecule has 0 radical (unpaired) electrons. The third-order valence-electron chi connectivity index (χ3n) is 0.409. The molecule has 3 nitrogen and oxygen atoms in total. The van der Waals surface area contributed by atoms with E-state index in [0.29, 0.717) is 0 Å². The molecule has 0 rings (SSSR count). The predicted molar refractivity (Wildman–Crippen MR) is 21.1 cm³/mol. The summed E-state index contributed by atoms with van der Waals surface area (Å²) < 4.78 is 0. The normalized spacial score (nSPS) is 13.7. The van der Waals surface area contributed by atoms with Gasteiger partial charge in [0.2, 0.25) is 0 Å². The van der Waals surface area contributed by atoms with Crippen molar-refractivity contribution in [2.45, 2.75) is 6.10 Å². The molecule has 1 unspecified atom stereocenters. The lowest BCUT2D eigenvalue weighted by Gasteiger charge is -1.87. The van der Waals surface area contributed by atoms with E-state index in [-0.39, 0.29) is 6.61 Å². The fourth-order valence-corrected chi connectivity index (χ4v) is 0.0609. The van der Waals surface area contributed by atoms with Crippen LogP contribution in [0.3, 0.4) is 0 Å². The van der Waals surface area contributed by atoms with Crippen molar-refractivity contribution in [3.8, 4) is 0 Å². The van der Waals surface area contributed by atoms with Gasteiger partial charge in [0.15, 0.2) is 12.3 Å². The van der Waals surface area contributed by atoms with Gasteiger partial charge < -0.3 is 10.2 Å². The van der Waals surface area contributed by atoms with E-state index in [9.17, 15) is 0 Å². The summed E-state index contributed by atoms with van der Waals surface area (Å²) in [6, 6.07) is 0. The molecule has 6 heavy (non-hydrogen) atoms. The molecule has 0 aliphatic heterocycles. The largest absolute Gasteiger partial charge is 0.393 e. The summed E-state index contributed by atoms with van der Waals surface area (Å²) in [5, 5.41) is 21.0. The van der Waals surface area contributed by atoms with E-state index in [1.807, 2.05) is 0 Å². The zero-order valence-corrected chi connectivity index (χ0v) is 3.33. The van der Waals surface area contributed by atoms with Crippen molar-refractivity contribution in [3.63, 3.8) is 0 Å². The van der Waals surface area contributed by atoms with Crippen LogP contribution in [0.25, 0.3) is 0 Å². The molecule has 0 saturated carbocycles. The Hall–Kier alpha value is -0.410. The Morgan fingerprint density at radius 1 is 1.83 bits per heavy atom. The van der Waals surface area contributed by atoms with E-state index >= 15 is 0 Å². The average Bonchev–Trinajstić information content (AvgIpc) is 1.65. The quantitative estimate of drug-likeness (QED) is 0.320. The monoisotopic (exact) mass is 90.1 g/mol. The molecule has 0 aliphatic rings. The van der Waals surface area contributed by atoms with Gasteiger partial charge in [0.05, 0.1) is 6.61 Å². The van der Waals surface area contributed by atoms with E-state index in [1.54, 1.807) is 0 Å². The Balaban J connectivity index is 2.96. The highest BCUT2D eigenvalue weighted by atomic mass is 16.3. The highest BCUT2D eigenvalue weighted by Crippen LogP contribution is 1.64. The van der Waals surface area contributed by atoms with Crippen LogP contribution in [0.15, 0.2) is 0 Å². The molecular weight excluding hydrogens is 82.0 g/mol. The molecule has 0 aromatic carbocycles. The summed E-state index contributed by atoms with van der Waals surface area (Å²) in [6.07, 6.45) is 0.171. The van der Waals surface area contributed by atoms with E-state index in [0.717, 1.165) is 6.21 Å². The minimum atomic E-state index is -0.856. The van der Waals surface area contributed by atoms with Gasteiger partial charge in [-0.15, -0.1) is 0 Å². The van der Waals surface area contributed by atoms with Gasteiger partial charge in [0.25, 0.3) is 0 Å². The van der Waals surface area contributed by atoms with E-state index < -0.39 is 6.10 Å². The van der Waals surface area contributed by atoms with Gasteiger partial charge in [-0.25, -0.2) is 0 Å². The third kappa shape index (κ3) is 1.87. The number of hydrogen-bond acceptors (Lipinski definition) is 2. The second kappa shape index (κ2) is 2.81. The molecule has 1 atom stereocenters. The number of aliphatic hydroxyl groups excluding tert-OH is 2. The summed E-state index contributed by atoms with van der Waals surface area (Å²) >= 11 is 0. The van der Waals surface area contributed by atoms with Gasteiger partial charge in [-0.2, -0.15) is 0 Å². The van der Waals surface area contributed by atoms with Crippen molar-refractivity contribution in [2.75, 3.05) is 6.61 Å². The molecule has 3 heteroatoms. The topological polar surface area (TPSA) is 66.0 Å². The molecule has 0 bridgehead atoms. The maximum absolute atomic E-state index is 8.24. The van der Waals surface area contributed by atoms with E-state index in [4.69, 9.17) is 15.6 Å². The van der Waals surface area contributed by atoms with Crippen LogP contribution < -0.4 is 5.41 Å². The van der Waals surface area contributed by atoms with Crippen LogP contribution in [0.4, 0.5) is 0 Å². The highest BCUT2D eigenvalue weighted by Gasteiger charge is 1.94. The fourth-order valence-electron chi connectivity index (χ4n) is 0.0609. The summed E-state index contributed by atoms with van der Waals surface area (Å²) in [5.41, 5.74) is 0. The molecule has 4 N–H and O–H groups in total. The lowest BCUT2D eigenvalue weighted by atomic mass is 10.4. The number of nitrogens with two attached hydrogens (primary N) is 1. The van der Waals surface area contributed by atoms with Gasteiger partial charge in [0, 0.05) is 0 Å². The third-order valence-corrected chi connectivity index (χ3v) is 0.409. The molecule has 0 aromatic heterocycles. The van der Waals surface area contributed by atoms with Crippen LogP contribution in [0, 0.1) is 0 Å². The zero-order valence-electron chi connectivity index (χ0n) is 3.33.